The van der Waals surface area contributed by atoms with Gasteiger partial charge < -0.3 is 9.47 Å². The second-order valence-corrected chi connectivity index (χ2v) is 3.68. The molecule has 0 radical (unpaired) electrons. The molecular weight excluding hydrogens is 214 g/mol. The fraction of sp³-hybridized carbons (Fsp3) is 0.800. The minimum Gasteiger partial charge on any atom is -0.465 e. The Morgan fingerprint density at radius 1 is 1.38 bits per heavy atom. The van der Waals surface area contributed by atoms with Crippen molar-refractivity contribution in [2.75, 3.05) is 13.2 Å². The predicted molar refractivity (Wildman–Crippen MR) is 54.3 cm³/mol. The van der Waals surface area contributed by atoms with Gasteiger partial charge in [-0.05, 0) is 20.8 Å². The van der Waals surface area contributed by atoms with Crippen LogP contribution in [0.25, 0.3) is 0 Å². The van der Waals surface area contributed by atoms with Crippen molar-refractivity contribution in [3.63, 3.8) is 0 Å². The number of hydrogen-bond donors (Lipinski definition) is 1. The van der Waals surface area contributed by atoms with Crippen LogP contribution in [-0.2, 0) is 23.9 Å². The van der Waals surface area contributed by atoms with E-state index in [9.17, 15) is 9.59 Å². The molecule has 0 amide bonds. The average Bonchev–Trinajstić information content (AvgIpc) is 2.63. The first-order valence-electron chi connectivity index (χ1n) is 5.31. The Kier molecular flexibility index (Phi) is 4.26. The maximum absolute atomic E-state index is 11.6. The fourth-order valence-electron chi connectivity index (χ4n) is 1.46. The molecule has 16 heavy (non-hydrogen) atoms. The van der Waals surface area contributed by atoms with E-state index in [1.54, 1.807) is 20.8 Å². The molecule has 0 bridgehead atoms. The third-order valence-electron chi connectivity index (χ3n) is 2.30. The van der Waals surface area contributed by atoms with E-state index in [1.165, 1.54) is 0 Å². The molecule has 0 aromatic carbocycles. The highest BCUT2D eigenvalue weighted by molar-refractivity contribution is 5.83. The number of carbonyl (C=O) groups is 2. The molecule has 6 heteroatoms. The van der Waals surface area contributed by atoms with Crippen LogP contribution >= 0.6 is 0 Å². The third kappa shape index (κ3) is 2.70. The van der Waals surface area contributed by atoms with E-state index in [2.05, 4.69) is 5.48 Å². The Balaban J connectivity index is 2.56. The van der Waals surface area contributed by atoms with Gasteiger partial charge in [0.2, 0.25) is 0 Å². The molecule has 6 nitrogen and oxygen atoms in total. The van der Waals surface area contributed by atoms with Gasteiger partial charge in [0, 0.05) is 6.42 Å². The molecule has 0 saturated carbocycles. The first kappa shape index (κ1) is 12.9. The monoisotopic (exact) mass is 231 g/mol. The van der Waals surface area contributed by atoms with Crippen LogP contribution in [0, 0.1) is 0 Å². The number of hydroxylamine groups is 1. The van der Waals surface area contributed by atoms with Crippen LogP contribution in [0.1, 0.15) is 27.2 Å². The van der Waals surface area contributed by atoms with Crippen molar-refractivity contribution >= 4 is 11.9 Å². The first-order chi connectivity index (χ1) is 7.53. The number of esters is 2. The van der Waals surface area contributed by atoms with Crippen LogP contribution < -0.4 is 5.48 Å². The van der Waals surface area contributed by atoms with Gasteiger partial charge in [0.05, 0.1) is 13.2 Å². The molecule has 1 rings (SSSR count). The van der Waals surface area contributed by atoms with Gasteiger partial charge in [0.25, 0.3) is 0 Å². The molecule has 1 N–H and O–H groups in total. The molecule has 0 unspecified atom stereocenters. The summed E-state index contributed by atoms with van der Waals surface area (Å²) in [5.41, 5.74) is 1.38. The largest absolute Gasteiger partial charge is 0.465 e. The van der Waals surface area contributed by atoms with Gasteiger partial charge in [-0.3, -0.25) is 9.63 Å². The van der Waals surface area contributed by atoms with E-state index in [1.807, 2.05) is 0 Å². The van der Waals surface area contributed by atoms with E-state index in [4.69, 9.17) is 14.3 Å². The predicted octanol–water partition coefficient (Wildman–Crippen LogP) is 0.165. The molecule has 1 heterocycles. The van der Waals surface area contributed by atoms with Crippen LogP contribution in [0.15, 0.2) is 0 Å². The van der Waals surface area contributed by atoms with Gasteiger partial charge in [-0.15, -0.1) is 0 Å². The van der Waals surface area contributed by atoms with E-state index < -0.39 is 23.6 Å². The number of ether oxygens (including phenoxy) is 2. The van der Waals surface area contributed by atoms with Crippen LogP contribution in [0.5, 0.6) is 0 Å². The summed E-state index contributed by atoms with van der Waals surface area (Å²) < 4.78 is 9.69. The van der Waals surface area contributed by atoms with Gasteiger partial charge in [-0.2, -0.15) is 5.48 Å². The topological polar surface area (TPSA) is 73.9 Å². The Hall–Kier alpha value is -1.14. The van der Waals surface area contributed by atoms with Crippen LogP contribution in [0.3, 0.4) is 0 Å². The smallest absolute Gasteiger partial charge is 0.340 e. The first-order valence-corrected chi connectivity index (χ1v) is 5.31. The van der Waals surface area contributed by atoms with Crippen molar-refractivity contribution in [1.82, 2.24) is 5.48 Å². The van der Waals surface area contributed by atoms with Crippen molar-refractivity contribution in [3.8, 4) is 0 Å². The fourth-order valence-corrected chi connectivity index (χ4v) is 1.46. The normalized spacial score (nSPS) is 28.8. The summed E-state index contributed by atoms with van der Waals surface area (Å²) in [5.74, 6) is -0.898. The summed E-state index contributed by atoms with van der Waals surface area (Å²) in [4.78, 5) is 28.1. The molecular formula is C10H17NO5. The van der Waals surface area contributed by atoms with Crippen molar-refractivity contribution in [2.24, 2.45) is 0 Å². The molecule has 1 fully saturated rings. The Morgan fingerprint density at radius 2 is 2.00 bits per heavy atom. The van der Waals surface area contributed by atoms with E-state index in [0.717, 1.165) is 0 Å². The van der Waals surface area contributed by atoms with Crippen molar-refractivity contribution in [3.05, 3.63) is 0 Å². The van der Waals surface area contributed by atoms with E-state index in [-0.39, 0.29) is 13.0 Å². The van der Waals surface area contributed by atoms with Gasteiger partial charge in [0.1, 0.15) is 6.04 Å². The lowest BCUT2D eigenvalue weighted by Gasteiger charge is -2.18. The van der Waals surface area contributed by atoms with Crippen molar-refractivity contribution in [1.29, 1.82) is 0 Å². The molecule has 0 aliphatic carbocycles. The number of hydrogen-bond acceptors (Lipinski definition) is 6. The number of nitrogens with one attached hydrogen (secondary N) is 1. The minimum atomic E-state index is -1.12. The Bertz CT molecular complexity index is 280. The quantitative estimate of drug-likeness (QED) is 0.695. The molecule has 0 aromatic rings. The Labute approximate surface area is 94.2 Å². The zero-order valence-electron chi connectivity index (χ0n) is 9.74. The summed E-state index contributed by atoms with van der Waals surface area (Å²) in [7, 11) is 0. The average molecular weight is 231 g/mol. The maximum atomic E-state index is 11.6. The second-order valence-electron chi connectivity index (χ2n) is 3.68. The lowest BCUT2D eigenvalue weighted by molar-refractivity contribution is -0.170. The standard InChI is InChI=1S/C10H17NO5/c1-4-14-8(12)7-6-10(3,16-11-7)9(13)15-5-2/h7,11H,4-6H2,1-3H3/t7-,10-/m1/s1. The molecule has 92 valence electrons. The molecule has 0 spiro atoms. The zero-order chi connectivity index (χ0) is 12.2. The molecule has 1 aliphatic rings. The van der Waals surface area contributed by atoms with Gasteiger partial charge in [-0.25, -0.2) is 4.79 Å². The maximum Gasteiger partial charge on any atom is 0.340 e. The van der Waals surface area contributed by atoms with Gasteiger partial charge >= 0.3 is 11.9 Å². The minimum absolute atomic E-state index is 0.213. The lowest BCUT2D eigenvalue weighted by Crippen LogP contribution is -2.37. The highest BCUT2D eigenvalue weighted by Crippen LogP contribution is 2.25. The second kappa shape index (κ2) is 5.27. The van der Waals surface area contributed by atoms with Crippen LogP contribution in [-0.4, -0.2) is 36.8 Å². The number of carbonyl (C=O) groups excluding carboxylic acids is 2. The summed E-state index contributed by atoms with van der Waals surface area (Å²) in [6.07, 6.45) is 0.213. The highest BCUT2D eigenvalue weighted by Gasteiger charge is 2.47. The van der Waals surface area contributed by atoms with Gasteiger partial charge in [0.15, 0.2) is 5.60 Å². The Morgan fingerprint density at radius 3 is 2.56 bits per heavy atom. The van der Waals surface area contributed by atoms with Crippen molar-refractivity contribution in [2.45, 2.75) is 38.8 Å². The van der Waals surface area contributed by atoms with Crippen LogP contribution in [0.2, 0.25) is 0 Å². The molecule has 1 aliphatic heterocycles. The summed E-state index contributed by atoms with van der Waals surface area (Å²) in [5, 5.41) is 0. The van der Waals surface area contributed by atoms with E-state index >= 15 is 0 Å². The van der Waals surface area contributed by atoms with Gasteiger partial charge in [-0.1, -0.05) is 0 Å². The third-order valence-corrected chi connectivity index (χ3v) is 2.30. The summed E-state index contributed by atoms with van der Waals surface area (Å²) in [6, 6.07) is -0.616. The van der Waals surface area contributed by atoms with Crippen LogP contribution in [0.4, 0.5) is 0 Å². The highest BCUT2D eigenvalue weighted by atomic mass is 16.7. The summed E-state index contributed by atoms with van der Waals surface area (Å²) >= 11 is 0. The summed E-state index contributed by atoms with van der Waals surface area (Å²) in [6.45, 7) is 5.59. The molecule has 0 aromatic heterocycles. The SMILES string of the molecule is CCOC(=O)[C@H]1C[C@](C)(C(=O)OCC)ON1. The van der Waals surface area contributed by atoms with E-state index in [0.29, 0.717) is 6.61 Å². The zero-order valence-corrected chi connectivity index (χ0v) is 9.74. The molecule has 2 atom stereocenters. The lowest BCUT2D eigenvalue weighted by atomic mass is 9.99. The van der Waals surface area contributed by atoms with Crippen molar-refractivity contribution < 1.29 is 23.9 Å². The molecule has 1 saturated heterocycles. The number of rotatable bonds is 4.